The number of carbonyl (C=O) groups is 1. The van der Waals surface area contributed by atoms with Crippen molar-refractivity contribution in [2.45, 2.75) is 17.4 Å². The predicted molar refractivity (Wildman–Crippen MR) is 82.4 cm³/mol. The van der Waals surface area contributed by atoms with Gasteiger partial charge in [0.05, 0.1) is 22.3 Å². The number of sulfone groups is 1. The van der Waals surface area contributed by atoms with E-state index in [9.17, 15) is 13.2 Å². The fraction of sp³-hybridized carbons (Fsp3) is 0.417. The first-order valence-electron chi connectivity index (χ1n) is 5.93. The molecular formula is C12H13Cl2NO3S2. The highest BCUT2D eigenvalue weighted by Gasteiger charge is 2.28. The van der Waals surface area contributed by atoms with Gasteiger partial charge in [0.25, 0.3) is 0 Å². The largest absolute Gasteiger partial charge is 0.352 e. The Morgan fingerprint density at radius 1 is 1.40 bits per heavy atom. The average Bonchev–Trinajstić information content (AvgIpc) is 2.70. The van der Waals surface area contributed by atoms with Gasteiger partial charge in [0.2, 0.25) is 5.91 Å². The third kappa shape index (κ3) is 4.55. The van der Waals surface area contributed by atoms with E-state index < -0.39 is 9.84 Å². The lowest BCUT2D eigenvalue weighted by Crippen LogP contribution is -2.36. The number of amides is 1. The van der Waals surface area contributed by atoms with E-state index >= 15 is 0 Å². The van der Waals surface area contributed by atoms with Gasteiger partial charge in [0.1, 0.15) is 0 Å². The van der Waals surface area contributed by atoms with Crippen LogP contribution in [-0.2, 0) is 14.6 Å². The van der Waals surface area contributed by atoms with Crippen LogP contribution in [-0.4, -0.2) is 37.6 Å². The zero-order valence-corrected chi connectivity index (χ0v) is 13.6. The van der Waals surface area contributed by atoms with E-state index in [1.54, 1.807) is 18.2 Å². The number of hydrogen-bond donors (Lipinski definition) is 1. The molecule has 1 N–H and O–H groups in total. The summed E-state index contributed by atoms with van der Waals surface area (Å²) in [6.07, 6.45) is 0.483. The first kappa shape index (κ1) is 15.9. The zero-order chi connectivity index (χ0) is 14.8. The third-order valence-corrected chi connectivity index (χ3v) is 6.35. The second-order valence-electron chi connectivity index (χ2n) is 4.53. The Hall–Kier alpha value is -0.430. The van der Waals surface area contributed by atoms with Crippen molar-refractivity contribution < 1.29 is 13.2 Å². The summed E-state index contributed by atoms with van der Waals surface area (Å²) < 4.78 is 22.6. The summed E-state index contributed by atoms with van der Waals surface area (Å²) in [6.45, 7) is 0. The van der Waals surface area contributed by atoms with Gasteiger partial charge in [0, 0.05) is 16.0 Å². The summed E-state index contributed by atoms with van der Waals surface area (Å²) >= 11 is 13.1. The molecule has 1 atom stereocenters. The number of halogens is 2. The standard InChI is InChI=1S/C12H13Cl2NO3S2/c13-8-1-2-10(14)11(5-8)19-6-12(16)15-9-3-4-20(17,18)7-9/h1-2,5,9H,3-4,6-7H2,(H,15,16). The molecule has 1 unspecified atom stereocenters. The van der Waals surface area contributed by atoms with Crippen molar-refractivity contribution >= 4 is 50.7 Å². The van der Waals surface area contributed by atoms with Crippen molar-refractivity contribution in [1.82, 2.24) is 5.32 Å². The number of thioether (sulfide) groups is 1. The summed E-state index contributed by atoms with van der Waals surface area (Å²) in [5.41, 5.74) is 0. The molecule has 0 bridgehead atoms. The Balaban J connectivity index is 1.85. The molecule has 4 nitrogen and oxygen atoms in total. The lowest BCUT2D eigenvalue weighted by molar-refractivity contribution is -0.119. The minimum atomic E-state index is -2.98. The van der Waals surface area contributed by atoms with Gasteiger partial charge < -0.3 is 5.32 Å². The van der Waals surface area contributed by atoms with Crippen molar-refractivity contribution in [3.05, 3.63) is 28.2 Å². The smallest absolute Gasteiger partial charge is 0.230 e. The van der Waals surface area contributed by atoms with E-state index in [-0.39, 0.29) is 29.2 Å². The summed E-state index contributed by atoms with van der Waals surface area (Å²) in [5, 5.41) is 3.82. The summed E-state index contributed by atoms with van der Waals surface area (Å²) in [4.78, 5) is 12.5. The molecule has 0 spiro atoms. The number of carbonyl (C=O) groups excluding carboxylic acids is 1. The van der Waals surface area contributed by atoms with Crippen molar-refractivity contribution in [1.29, 1.82) is 0 Å². The van der Waals surface area contributed by atoms with Crippen molar-refractivity contribution in [2.24, 2.45) is 0 Å². The fourth-order valence-corrected chi connectivity index (χ4v) is 4.89. The Bertz CT molecular complexity index is 619. The van der Waals surface area contributed by atoms with E-state index in [0.29, 0.717) is 16.5 Å². The third-order valence-electron chi connectivity index (χ3n) is 2.85. The van der Waals surface area contributed by atoms with Crippen LogP contribution in [0.25, 0.3) is 0 Å². The summed E-state index contributed by atoms with van der Waals surface area (Å²) in [5.74, 6) is 0.150. The predicted octanol–water partition coefficient (Wildman–Crippen LogP) is 2.39. The summed E-state index contributed by atoms with van der Waals surface area (Å²) in [7, 11) is -2.98. The van der Waals surface area contributed by atoms with Crippen LogP contribution in [0.4, 0.5) is 0 Å². The van der Waals surface area contributed by atoms with Gasteiger partial charge in [-0.25, -0.2) is 8.42 Å². The monoisotopic (exact) mass is 353 g/mol. The van der Waals surface area contributed by atoms with E-state index in [4.69, 9.17) is 23.2 Å². The molecule has 1 fully saturated rings. The molecule has 1 heterocycles. The zero-order valence-electron chi connectivity index (χ0n) is 10.4. The molecular weight excluding hydrogens is 341 g/mol. The molecule has 0 saturated carbocycles. The van der Waals surface area contributed by atoms with Crippen LogP contribution in [0.5, 0.6) is 0 Å². The van der Waals surface area contributed by atoms with E-state index in [0.717, 1.165) is 4.90 Å². The van der Waals surface area contributed by atoms with Crippen LogP contribution in [0.3, 0.4) is 0 Å². The Kier molecular flexibility index (Phi) is 5.23. The first-order valence-corrected chi connectivity index (χ1v) is 9.50. The molecule has 0 aromatic heterocycles. The van der Waals surface area contributed by atoms with E-state index in [2.05, 4.69) is 5.32 Å². The van der Waals surface area contributed by atoms with Crippen molar-refractivity contribution in [2.75, 3.05) is 17.3 Å². The van der Waals surface area contributed by atoms with Gasteiger partial charge in [-0.2, -0.15) is 0 Å². The molecule has 1 saturated heterocycles. The molecule has 1 amide bonds. The molecule has 1 aliphatic rings. The number of nitrogens with one attached hydrogen (secondary N) is 1. The van der Waals surface area contributed by atoms with E-state index in [1.165, 1.54) is 11.8 Å². The second-order valence-corrected chi connectivity index (χ2v) is 8.62. The van der Waals surface area contributed by atoms with Crippen LogP contribution in [0.1, 0.15) is 6.42 Å². The van der Waals surface area contributed by atoms with Crippen molar-refractivity contribution in [3.8, 4) is 0 Å². The van der Waals surface area contributed by atoms with Gasteiger partial charge in [-0.3, -0.25) is 4.79 Å². The van der Waals surface area contributed by atoms with Crippen LogP contribution in [0, 0.1) is 0 Å². The molecule has 8 heteroatoms. The SMILES string of the molecule is O=C(CSc1cc(Cl)ccc1Cl)NC1CCS(=O)(=O)C1. The molecule has 2 rings (SSSR count). The Morgan fingerprint density at radius 3 is 2.80 bits per heavy atom. The average molecular weight is 354 g/mol. The maximum Gasteiger partial charge on any atom is 0.230 e. The van der Waals surface area contributed by atoms with Crippen molar-refractivity contribution in [3.63, 3.8) is 0 Å². The van der Waals surface area contributed by atoms with Gasteiger partial charge >= 0.3 is 0 Å². The molecule has 1 aromatic carbocycles. The molecule has 110 valence electrons. The van der Waals surface area contributed by atoms with E-state index in [1.807, 2.05) is 0 Å². The van der Waals surface area contributed by atoms with Crippen LogP contribution in [0.15, 0.2) is 23.1 Å². The molecule has 0 radical (unpaired) electrons. The van der Waals surface area contributed by atoms with Gasteiger partial charge in [-0.15, -0.1) is 11.8 Å². The quantitative estimate of drug-likeness (QED) is 0.844. The number of hydrogen-bond acceptors (Lipinski definition) is 4. The Labute approximate surface area is 132 Å². The van der Waals surface area contributed by atoms with Crippen LogP contribution >= 0.6 is 35.0 Å². The molecule has 1 aliphatic heterocycles. The summed E-state index contributed by atoms with van der Waals surface area (Å²) in [6, 6.07) is 4.77. The van der Waals surface area contributed by atoms with Gasteiger partial charge in [-0.1, -0.05) is 23.2 Å². The molecule has 0 aliphatic carbocycles. The Morgan fingerprint density at radius 2 is 2.15 bits per heavy atom. The van der Waals surface area contributed by atoms with Gasteiger partial charge in [-0.05, 0) is 24.6 Å². The maximum absolute atomic E-state index is 11.8. The normalized spacial score (nSPS) is 20.8. The molecule has 1 aromatic rings. The first-order chi connectivity index (χ1) is 9.35. The number of rotatable bonds is 4. The van der Waals surface area contributed by atoms with Gasteiger partial charge in [0.15, 0.2) is 9.84 Å². The highest BCUT2D eigenvalue weighted by molar-refractivity contribution is 8.00. The van der Waals surface area contributed by atoms with Crippen LogP contribution in [0.2, 0.25) is 10.0 Å². The lowest BCUT2D eigenvalue weighted by Gasteiger charge is -2.11. The minimum absolute atomic E-state index is 0.0291. The molecule has 20 heavy (non-hydrogen) atoms. The highest BCUT2D eigenvalue weighted by atomic mass is 35.5. The highest BCUT2D eigenvalue weighted by Crippen LogP contribution is 2.29. The topological polar surface area (TPSA) is 63.2 Å². The van der Waals surface area contributed by atoms with Crippen LogP contribution < -0.4 is 5.32 Å². The number of benzene rings is 1. The second kappa shape index (κ2) is 6.56. The lowest BCUT2D eigenvalue weighted by atomic mass is 10.3. The fourth-order valence-electron chi connectivity index (χ4n) is 1.91. The maximum atomic E-state index is 11.8. The minimum Gasteiger partial charge on any atom is -0.352 e.